The van der Waals surface area contributed by atoms with Crippen LogP contribution in [-0.2, 0) is 16.1 Å². The van der Waals surface area contributed by atoms with Gasteiger partial charge in [0.15, 0.2) is 6.61 Å². The molecule has 1 aliphatic rings. The van der Waals surface area contributed by atoms with Gasteiger partial charge in [0.05, 0.1) is 7.11 Å². The van der Waals surface area contributed by atoms with Crippen molar-refractivity contribution in [3.8, 4) is 11.5 Å². The summed E-state index contributed by atoms with van der Waals surface area (Å²) >= 11 is 0. The molecule has 1 unspecified atom stereocenters. The molecule has 1 fully saturated rings. The zero-order valence-corrected chi connectivity index (χ0v) is 20.2. The molecule has 2 aromatic rings. The summed E-state index contributed by atoms with van der Waals surface area (Å²) in [5, 5.41) is 3.16. The molecule has 2 amide bonds. The monoisotopic (exact) mass is 452 g/mol. The summed E-state index contributed by atoms with van der Waals surface area (Å²) in [6, 6.07) is 13.0. The van der Waals surface area contributed by atoms with E-state index in [1.165, 1.54) is 5.56 Å². The number of hydrogen-bond donors (Lipinski definition) is 1. The van der Waals surface area contributed by atoms with Crippen molar-refractivity contribution in [3.05, 3.63) is 59.2 Å². The van der Waals surface area contributed by atoms with Crippen molar-refractivity contribution >= 4 is 11.8 Å². The van der Waals surface area contributed by atoms with Gasteiger partial charge in [0.1, 0.15) is 17.5 Å². The van der Waals surface area contributed by atoms with Gasteiger partial charge < -0.3 is 19.7 Å². The average molecular weight is 453 g/mol. The van der Waals surface area contributed by atoms with E-state index >= 15 is 0 Å². The Morgan fingerprint density at radius 2 is 1.70 bits per heavy atom. The zero-order chi connectivity index (χ0) is 23.8. The zero-order valence-electron chi connectivity index (χ0n) is 20.2. The van der Waals surface area contributed by atoms with Crippen molar-refractivity contribution < 1.29 is 19.1 Å². The lowest BCUT2D eigenvalue weighted by Crippen LogP contribution is -2.52. The van der Waals surface area contributed by atoms with Gasteiger partial charge >= 0.3 is 0 Å². The quantitative estimate of drug-likeness (QED) is 0.574. The van der Waals surface area contributed by atoms with Crippen molar-refractivity contribution in [1.29, 1.82) is 0 Å². The van der Waals surface area contributed by atoms with Gasteiger partial charge in [0.2, 0.25) is 5.91 Å². The van der Waals surface area contributed by atoms with E-state index in [0.717, 1.165) is 42.6 Å². The minimum atomic E-state index is -0.552. The number of nitrogens with one attached hydrogen (secondary N) is 1. The topological polar surface area (TPSA) is 67.9 Å². The Hall–Kier alpha value is -3.02. The second-order valence-corrected chi connectivity index (χ2v) is 8.82. The van der Waals surface area contributed by atoms with E-state index in [9.17, 15) is 9.59 Å². The highest BCUT2D eigenvalue weighted by Crippen LogP contribution is 2.21. The van der Waals surface area contributed by atoms with Gasteiger partial charge in [-0.05, 0) is 74.1 Å². The van der Waals surface area contributed by atoms with Gasteiger partial charge in [-0.1, -0.05) is 38.0 Å². The number of amides is 2. The minimum absolute atomic E-state index is 0.0857. The fourth-order valence-electron chi connectivity index (χ4n) is 4.25. The molecule has 0 aromatic heterocycles. The summed E-state index contributed by atoms with van der Waals surface area (Å²) in [7, 11) is 1.62. The largest absolute Gasteiger partial charge is 0.497 e. The molecule has 6 heteroatoms. The van der Waals surface area contributed by atoms with E-state index in [0.29, 0.717) is 18.7 Å². The summed E-state index contributed by atoms with van der Waals surface area (Å²) in [6.45, 7) is 6.20. The molecule has 0 spiro atoms. The maximum absolute atomic E-state index is 13.3. The first-order chi connectivity index (χ1) is 15.9. The fourth-order valence-corrected chi connectivity index (χ4v) is 4.25. The summed E-state index contributed by atoms with van der Waals surface area (Å²) in [5.41, 5.74) is 3.21. The van der Waals surface area contributed by atoms with Crippen LogP contribution in [0.2, 0.25) is 0 Å². The van der Waals surface area contributed by atoms with Gasteiger partial charge in [-0.15, -0.1) is 0 Å². The van der Waals surface area contributed by atoms with Crippen LogP contribution >= 0.6 is 0 Å². The minimum Gasteiger partial charge on any atom is -0.497 e. The number of carbonyl (C=O) groups excluding carboxylic acids is 2. The van der Waals surface area contributed by atoms with E-state index in [1.807, 2.05) is 63.2 Å². The Morgan fingerprint density at radius 3 is 2.30 bits per heavy atom. The Bertz CT molecular complexity index is 936. The molecular formula is C27H36N2O4. The molecule has 2 aromatic carbocycles. The normalized spacial score (nSPS) is 14.5. The molecule has 1 N–H and O–H groups in total. The van der Waals surface area contributed by atoms with E-state index in [4.69, 9.17) is 9.47 Å². The molecule has 0 radical (unpaired) electrons. The van der Waals surface area contributed by atoms with Crippen molar-refractivity contribution in [2.45, 2.75) is 71.5 Å². The summed E-state index contributed by atoms with van der Waals surface area (Å²) in [4.78, 5) is 28.1. The highest BCUT2D eigenvalue weighted by molar-refractivity contribution is 5.88. The summed E-state index contributed by atoms with van der Waals surface area (Å²) in [5.74, 6) is 1.11. The first kappa shape index (κ1) is 24.6. The molecule has 6 nitrogen and oxygen atoms in total. The van der Waals surface area contributed by atoms with Gasteiger partial charge in [-0.3, -0.25) is 9.59 Å². The lowest BCUT2D eigenvalue weighted by atomic mass is 10.1. The predicted octanol–water partition coefficient (Wildman–Crippen LogP) is 4.56. The number of hydrogen-bond acceptors (Lipinski definition) is 4. The van der Waals surface area contributed by atoms with Gasteiger partial charge in [-0.2, -0.15) is 0 Å². The van der Waals surface area contributed by atoms with Crippen LogP contribution in [-0.4, -0.2) is 42.5 Å². The van der Waals surface area contributed by atoms with Gasteiger partial charge in [-0.25, -0.2) is 0 Å². The molecule has 1 saturated carbocycles. The van der Waals surface area contributed by atoms with Crippen LogP contribution in [0.5, 0.6) is 11.5 Å². The smallest absolute Gasteiger partial charge is 0.261 e. The Kier molecular flexibility index (Phi) is 8.75. The second-order valence-electron chi connectivity index (χ2n) is 8.82. The maximum Gasteiger partial charge on any atom is 0.261 e. The van der Waals surface area contributed by atoms with Gasteiger partial charge in [0.25, 0.3) is 5.91 Å². The number of methoxy groups -OCH3 is 1. The lowest BCUT2D eigenvalue weighted by Gasteiger charge is -2.31. The molecule has 1 aliphatic carbocycles. The van der Waals surface area contributed by atoms with E-state index in [2.05, 4.69) is 5.32 Å². The maximum atomic E-state index is 13.3. The van der Waals surface area contributed by atoms with Crippen molar-refractivity contribution in [2.24, 2.45) is 0 Å². The number of rotatable bonds is 10. The summed E-state index contributed by atoms with van der Waals surface area (Å²) < 4.78 is 11.1. The molecule has 0 saturated heterocycles. The van der Waals surface area contributed by atoms with E-state index in [1.54, 1.807) is 12.0 Å². The van der Waals surface area contributed by atoms with Crippen molar-refractivity contribution in [3.63, 3.8) is 0 Å². The van der Waals surface area contributed by atoms with Crippen LogP contribution < -0.4 is 14.8 Å². The van der Waals surface area contributed by atoms with Crippen LogP contribution in [0.25, 0.3) is 0 Å². The Balaban J connectivity index is 1.76. The van der Waals surface area contributed by atoms with Crippen LogP contribution in [0.4, 0.5) is 0 Å². The predicted molar refractivity (Wildman–Crippen MR) is 129 cm³/mol. The highest BCUT2D eigenvalue weighted by atomic mass is 16.5. The van der Waals surface area contributed by atoms with Crippen molar-refractivity contribution in [2.75, 3.05) is 13.7 Å². The molecule has 0 aliphatic heterocycles. The van der Waals surface area contributed by atoms with Crippen LogP contribution in [0, 0.1) is 13.8 Å². The van der Waals surface area contributed by atoms with Crippen LogP contribution in [0.15, 0.2) is 42.5 Å². The third kappa shape index (κ3) is 6.73. The number of benzene rings is 2. The Labute approximate surface area is 197 Å². The molecule has 178 valence electrons. The first-order valence-electron chi connectivity index (χ1n) is 11.8. The molecule has 3 rings (SSSR count). The average Bonchev–Trinajstić information content (AvgIpc) is 3.33. The lowest BCUT2D eigenvalue weighted by molar-refractivity contribution is -0.143. The fraction of sp³-hybridized carbons (Fsp3) is 0.481. The third-order valence-corrected chi connectivity index (χ3v) is 6.44. The molecule has 33 heavy (non-hydrogen) atoms. The number of ether oxygens (including phenoxy) is 2. The Morgan fingerprint density at radius 1 is 1.03 bits per heavy atom. The standard InChI is InChI=1S/C27H36N2O4/c1-5-25(27(31)28-22-8-6-7-9-22)29(17-21-11-14-23(32-4)15-12-21)26(30)18-33-24-13-10-19(2)20(3)16-24/h10-16,22,25H,5-9,17-18H2,1-4H3,(H,28,31). The third-order valence-electron chi connectivity index (χ3n) is 6.44. The number of aryl methyl sites for hydroxylation is 2. The first-order valence-corrected chi connectivity index (χ1v) is 11.8. The van der Waals surface area contributed by atoms with Crippen LogP contribution in [0.3, 0.4) is 0 Å². The van der Waals surface area contributed by atoms with Crippen molar-refractivity contribution in [1.82, 2.24) is 10.2 Å². The van der Waals surface area contributed by atoms with Gasteiger partial charge in [0, 0.05) is 12.6 Å². The number of carbonyl (C=O) groups is 2. The molecule has 1 atom stereocenters. The molecule has 0 heterocycles. The SMILES string of the molecule is CCC(C(=O)NC1CCCC1)N(Cc1ccc(OC)cc1)C(=O)COc1ccc(C)c(C)c1. The molecule has 0 bridgehead atoms. The van der Waals surface area contributed by atoms with E-state index < -0.39 is 6.04 Å². The highest BCUT2D eigenvalue weighted by Gasteiger charge is 2.30. The van der Waals surface area contributed by atoms with Crippen LogP contribution in [0.1, 0.15) is 55.7 Å². The molecular weight excluding hydrogens is 416 g/mol. The second kappa shape index (κ2) is 11.7. The number of nitrogens with zero attached hydrogens (tertiary/aromatic N) is 1. The van der Waals surface area contributed by atoms with E-state index in [-0.39, 0.29) is 24.5 Å². The summed E-state index contributed by atoms with van der Waals surface area (Å²) in [6.07, 6.45) is 4.82.